The summed E-state index contributed by atoms with van der Waals surface area (Å²) in [6.07, 6.45) is 1.97. The summed E-state index contributed by atoms with van der Waals surface area (Å²) in [6.45, 7) is 3.98. The van der Waals surface area contributed by atoms with Crippen LogP contribution < -0.4 is 0 Å². The van der Waals surface area contributed by atoms with Gasteiger partial charge in [-0.1, -0.05) is 11.6 Å². The molecule has 0 aliphatic heterocycles. The van der Waals surface area contributed by atoms with Crippen molar-refractivity contribution < 1.29 is 0 Å². The van der Waals surface area contributed by atoms with Crippen LogP contribution in [-0.4, -0.2) is 4.57 Å². The minimum atomic E-state index is -0.102. The molecule has 0 spiro atoms. The third-order valence-electron chi connectivity index (χ3n) is 2.48. The number of fused-ring (bicyclic) bond motifs is 1. The zero-order chi connectivity index (χ0) is 10.1. The number of aromatic nitrogens is 1. The lowest BCUT2D eigenvalue weighted by atomic mass is 10.2. The average molecular weight is 184 g/mol. The summed E-state index contributed by atoms with van der Waals surface area (Å²) >= 11 is 0. The van der Waals surface area contributed by atoms with E-state index in [1.165, 1.54) is 10.9 Å². The van der Waals surface area contributed by atoms with Crippen LogP contribution in [0.5, 0.6) is 0 Å². The quantitative estimate of drug-likeness (QED) is 0.669. The normalized spacial score (nSPS) is 12.6. The number of aryl methyl sites for hydroxylation is 1. The van der Waals surface area contributed by atoms with E-state index in [9.17, 15) is 0 Å². The van der Waals surface area contributed by atoms with Gasteiger partial charge in [0.15, 0.2) is 0 Å². The Morgan fingerprint density at radius 3 is 2.86 bits per heavy atom. The van der Waals surface area contributed by atoms with Crippen LogP contribution in [0.25, 0.3) is 10.9 Å². The minimum Gasteiger partial charge on any atom is -0.331 e. The zero-order valence-electron chi connectivity index (χ0n) is 8.36. The second kappa shape index (κ2) is 3.19. The molecule has 2 rings (SSSR count). The summed E-state index contributed by atoms with van der Waals surface area (Å²) in [5.41, 5.74) is 2.38. The molecule has 2 nitrogen and oxygen atoms in total. The van der Waals surface area contributed by atoms with Gasteiger partial charge in [-0.2, -0.15) is 5.26 Å². The number of benzene rings is 1. The Morgan fingerprint density at radius 1 is 1.36 bits per heavy atom. The Kier molecular flexibility index (Phi) is 2.01. The van der Waals surface area contributed by atoms with Crippen molar-refractivity contribution >= 4 is 10.9 Å². The molecule has 0 amide bonds. The first-order valence-electron chi connectivity index (χ1n) is 4.69. The summed E-state index contributed by atoms with van der Waals surface area (Å²) < 4.78 is 1.99. The molecule has 0 aliphatic carbocycles. The van der Waals surface area contributed by atoms with Gasteiger partial charge in [0.25, 0.3) is 0 Å². The predicted molar refractivity (Wildman–Crippen MR) is 57.0 cm³/mol. The highest BCUT2D eigenvalue weighted by atomic mass is 15.0. The van der Waals surface area contributed by atoms with E-state index in [2.05, 4.69) is 37.3 Å². The first-order chi connectivity index (χ1) is 6.72. The van der Waals surface area contributed by atoms with E-state index in [0.717, 1.165) is 5.52 Å². The van der Waals surface area contributed by atoms with Crippen LogP contribution in [0.1, 0.15) is 18.5 Å². The molecule has 1 unspecified atom stereocenters. The van der Waals surface area contributed by atoms with Crippen LogP contribution in [0.15, 0.2) is 30.5 Å². The molecule has 1 aromatic carbocycles. The fraction of sp³-hybridized carbons (Fsp3) is 0.250. The Hall–Kier alpha value is -1.75. The third kappa shape index (κ3) is 1.27. The van der Waals surface area contributed by atoms with E-state index in [1.54, 1.807) is 0 Å². The maximum absolute atomic E-state index is 8.85. The Balaban J connectivity index is 2.65. The molecule has 14 heavy (non-hydrogen) atoms. The largest absolute Gasteiger partial charge is 0.331 e. The van der Waals surface area contributed by atoms with Gasteiger partial charge in [-0.3, -0.25) is 0 Å². The molecule has 0 aliphatic rings. The summed E-state index contributed by atoms with van der Waals surface area (Å²) in [7, 11) is 0. The van der Waals surface area contributed by atoms with E-state index in [4.69, 9.17) is 5.26 Å². The van der Waals surface area contributed by atoms with E-state index < -0.39 is 0 Å². The summed E-state index contributed by atoms with van der Waals surface area (Å²) in [6, 6.07) is 10.5. The molecule has 0 saturated carbocycles. The van der Waals surface area contributed by atoms with Crippen molar-refractivity contribution in [2.24, 2.45) is 0 Å². The van der Waals surface area contributed by atoms with E-state index >= 15 is 0 Å². The summed E-state index contributed by atoms with van der Waals surface area (Å²) in [5, 5.41) is 10.1. The standard InChI is InChI=1S/C12H12N2/c1-9-3-4-12-11(7-9)5-6-14(12)10(2)8-13/h3-7,10H,1-2H3. The van der Waals surface area contributed by atoms with Gasteiger partial charge in [0.05, 0.1) is 6.07 Å². The number of hydrogen-bond donors (Lipinski definition) is 0. The molecule has 0 bridgehead atoms. The number of hydrogen-bond acceptors (Lipinski definition) is 1. The molecule has 70 valence electrons. The molecule has 0 fully saturated rings. The Bertz CT molecular complexity index is 503. The van der Waals surface area contributed by atoms with Crippen molar-refractivity contribution in [3.63, 3.8) is 0 Å². The lowest BCUT2D eigenvalue weighted by Gasteiger charge is -2.06. The molecular weight excluding hydrogens is 172 g/mol. The van der Waals surface area contributed by atoms with E-state index in [1.807, 2.05) is 17.7 Å². The van der Waals surface area contributed by atoms with Gasteiger partial charge in [0.1, 0.15) is 6.04 Å². The molecular formula is C12H12N2. The van der Waals surface area contributed by atoms with Crippen molar-refractivity contribution in [1.29, 1.82) is 5.26 Å². The second-order valence-electron chi connectivity index (χ2n) is 3.59. The van der Waals surface area contributed by atoms with Crippen LogP contribution in [0.4, 0.5) is 0 Å². The number of nitriles is 1. The van der Waals surface area contributed by atoms with Gasteiger partial charge in [-0.25, -0.2) is 0 Å². The average Bonchev–Trinajstić information content (AvgIpc) is 2.59. The Morgan fingerprint density at radius 2 is 2.14 bits per heavy atom. The molecule has 2 heteroatoms. The lowest BCUT2D eigenvalue weighted by molar-refractivity contribution is 0.701. The highest BCUT2D eigenvalue weighted by molar-refractivity contribution is 5.81. The molecule has 1 atom stereocenters. The fourth-order valence-corrected chi connectivity index (χ4v) is 1.68. The summed E-state index contributed by atoms with van der Waals surface area (Å²) in [5.74, 6) is 0. The Labute approximate surface area is 83.4 Å². The maximum atomic E-state index is 8.85. The monoisotopic (exact) mass is 184 g/mol. The van der Waals surface area contributed by atoms with Crippen LogP contribution in [0.2, 0.25) is 0 Å². The number of nitrogens with zero attached hydrogens (tertiary/aromatic N) is 2. The molecule has 1 heterocycles. The van der Waals surface area contributed by atoms with Gasteiger partial charge in [-0.05, 0) is 37.4 Å². The van der Waals surface area contributed by atoms with Crippen LogP contribution in [0, 0.1) is 18.3 Å². The zero-order valence-corrected chi connectivity index (χ0v) is 8.36. The highest BCUT2D eigenvalue weighted by Gasteiger charge is 2.06. The molecule has 0 radical (unpaired) electrons. The minimum absolute atomic E-state index is 0.102. The van der Waals surface area contributed by atoms with E-state index in [0.29, 0.717) is 0 Å². The summed E-state index contributed by atoms with van der Waals surface area (Å²) in [4.78, 5) is 0. The highest BCUT2D eigenvalue weighted by Crippen LogP contribution is 2.20. The van der Waals surface area contributed by atoms with Gasteiger partial charge < -0.3 is 4.57 Å². The van der Waals surface area contributed by atoms with Crippen LogP contribution >= 0.6 is 0 Å². The molecule has 0 N–H and O–H groups in total. The van der Waals surface area contributed by atoms with Gasteiger partial charge in [-0.15, -0.1) is 0 Å². The first-order valence-corrected chi connectivity index (χ1v) is 4.69. The van der Waals surface area contributed by atoms with Gasteiger partial charge in [0.2, 0.25) is 0 Å². The van der Waals surface area contributed by atoms with Crippen LogP contribution in [0.3, 0.4) is 0 Å². The third-order valence-corrected chi connectivity index (χ3v) is 2.48. The molecule has 1 aromatic heterocycles. The lowest BCUT2D eigenvalue weighted by Crippen LogP contribution is -1.99. The van der Waals surface area contributed by atoms with Gasteiger partial charge in [0, 0.05) is 11.7 Å². The van der Waals surface area contributed by atoms with Gasteiger partial charge >= 0.3 is 0 Å². The fourth-order valence-electron chi connectivity index (χ4n) is 1.68. The molecule has 2 aromatic rings. The second-order valence-corrected chi connectivity index (χ2v) is 3.59. The predicted octanol–water partition coefficient (Wildman–Crippen LogP) is 3.03. The van der Waals surface area contributed by atoms with Crippen molar-refractivity contribution in [2.75, 3.05) is 0 Å². The van der Waals surface area contributed by atoms with Crippen molar-refractivity contribution in [3.05, 3.63) is 36.0 Å². The van der Waals surface area contributed by atoms with Crippen molar-refractivity contribution in [3.8, 4) is 6.07 Å². The molecule has 0 saturated heterocycles. The smallest absolute Gasteiger partial charge is 0.118 e. The first kappa shape index (κ1) is 8.83. The van der Waals surface area contributed by atoms with Crippen molar-refractivity contribution in [1.82, 2.24) is 4.57 Å². The maximum Gasteiger partial charge on any atom is 0.118 e. The van der Waals surface area contributed by atoms with Crippen molar-refractivity contribution in [2.45, 2.75) is 19.9 Å². The SMILES string of the molecule is Cc1ccc2c(ccn2C(C)C#N)c1. The van der Waals surface area contributed by atoms with E-state index in [-0.39, 0.29) is 6.04 Å². The number of rotatable bonds is 1. The van der Waals surface area contributed by atoms with Crippen LogP contribution in [-0.2, 0) is 0 Å². The topological polar surface area (TPSA) is 28.7 Å².